The predicted octanol–water partition coefficient (Wildman–Crippen LogP) is 5.58. The Hall–Kier alpha value is -1.70. The fraction of sp³-hybridized carbons (Fsp3) is 0.294. The van der Waals surface area contributed by atoms with E-state index in [1.807, 2.05) is 34.6 Å². The van der Waals surface area contributed by atoms with Gasteiger partial charge in [-0.15, -0.1) is 0 Å². The van der Waals surface area contributed by atoms with Gasteiger partial charge in [0.25, 0.3) is 0 Å². The minimum absolute atomic E-state index is 0.285. The van der Waals surface area contributed by atoms with Crippen molar-refractivity contribution in [3.05, 3.63) is 58.7 Å². The van der Waals surface area contributed by atoms with Crippen LogP contribution in [0.1, 0.15) is 30.5 Å². The molecule has 0 N–H and O–H groups in total. The second kappa shape index (κ2) is 6.46. The maximum atomic E-state index is 13.4. The first-order valence-electron chi connectivity index (χ1n) is 6.52. The van der Waals surface area contributed by atoms with Crippen LogP contribution in [-0.2, 0) is 0 Å². The number of benzene rings is 2. The summed E-state index contributed by atoms with van der Waals surface area (Å²) in [4.78, 5) is 0. The third-order valence-corrected chi connectivity index (χ3v) is 3.12. The highest BCUT2D eigenvalue weighted by atomic mass is 19.1. The van der Waals surface area contributed by atoms with Crippen LogP contribution in [0.3, 0.4) is 0 Å². The molecule has 0 heterocycles. The molecule has 0 atom stereocenters. The molecular formula is C17H20F2. The molecule has 0 spiro atoms. The Morgan fingerprint density at radius 3 is 1.89 bits per heavy atom. The van der Waals surface area contributed by atoms with E-state index in [1.54, 1.807) is 6.07 Å². The second-order valence-corrected chi connectivity index (χ2v) is 4.35. The maximum absolute atomic E-state index is 13.4. The zero-order chi connectivity index (χ0) is 14.6. The van der Waals surface area contributed by atoms with Gasteiger partial charge in [-0.05, 0) is 72.9 Å². The van der Waals surface area contributed by atoms with E-state index in [2.05, 4.69) is 0 Å². The summed E-state index contributed by atoms with van der Waals surface area (Å²) in [6.07, 6.45) is 0. The van der Waals surface area contributed by atoms with Crippen LogP contribution in [0.2, 0.25) is 0 Å². The Bertz CT molecular complexity index is 572. The summed E-state index contributed by atoms with van der Waals surface area (Å²) in [5.41, 5.74) is 4.33. The molecule has 0 aliphatic rings. The van der Waals surface area contributed by atoms with Gasteiger partial charge < -0.3 is 0 Å². The van der Waals surface area contributed by atoms with E-state index in [0.717, 1.165) is 27.8 Å². The summed E-state index contributed by atoms with van der Waals surface area (Å²) in [7, 11) is 0. The Balaban J connectivity index is 0.000000861. The summed E-state index contributed by atoms with van der Waals surface area (Å²) < 4.78 is 26.7. The summed E-state index contributed by atoms with van der Waals surface area (Å²) in [5.74, 6) is -0.585. The molecule has 2 rings (SSSR count). The van der Waals surface area contributed by atoms with Gasteiger partial charge in [-0.3, -0.25) is 0 Å². The molecule has 19 heavy (non-hydrogen) atoms. The number of aryl methyl sites for hydroxylation is 2. The van der Waals surface area contributed by atoms with Crippen LogP contribution in [0, 0.1) is 32.4 Å². The SMILES string of the molecule is CC.Cc1ccc(F)cc1-c1cc(F)cc(C)c1C. The molecule has 0 aliphatic carbocycles. The van der Waals surface area contributed by atoms with Crippen molar-refractivity contribution < 1.29 is 8.78 Å². The first-order chi connectivity index (χ1) is 8.99. The van der Waals surface area contributed by atoms with Gasteiger partial charge >= 0.3 is 0 Å². The van der Waals surface area contributed by atoms with Crippen molar-refractivity contribution in [3.63, 3.8) is 0 Å². The fourth-order valence-electron chi connectivity index (χ4n) is 1.98. The van der Waals surface area contributed by atoms with Crippen molar-refractivity contribution in [3.8, 4) is 11.1 Å². The standard InChI is InChI=1S/C15H14F2.C2H6/c1-9-4-5-12(16)7-14(9)15-8-13(17)6-10(2)11(15)3;1-2/h4-8H,1-3H3;1-2H3. The lowest BCUT2D eigenvalue weighted by Gasteiger charge is -2.12. The van der Waals surface area contributed by atoms with Gasteiger partial charge in [0.1, 0.15) is 11.6 Å². The monoisotopic (exact) mass is 262 g/mol. The Morgan fingerprint density at radius 2 is 1.26 bits per heavy atom. The average molecular weight is 262 g/mol. The molecule has 0 nitrogen and oxygen atoms in total. The lowest BCUT2D eigenvalue weighted by Crippen LogP contribution is -1.93. The third kappa shape index (κ3) is 3.40. The molecule has 0 fully saturated rings. The van der Waals surface area contributed by atoms with E-state index < -0.39 is 0 Å². The van der Waals surface area contributed by atoms with Gasteiger partial charge in [-0.1, -0.05) is 19.9 Å². The summed E-state index contributed by atoms with van der Waals surface area (Å²) in [5, 5.41) is 0. The lowest BCUT2D eigenvalue weighted by atomic mass is 9.94. The zero-order valence-electron chi connectivity index (χ0n) is 12.1. The highest BCUT2D eigenvalue weighted by molar-refractivity contribution is 5.71. The third-order valence-electron chi connectivity index (χ3n) is 3.12. The van der Waals surface area contributed by atoms with Crippen molar-refractivity contribution >= 4 is 0 Å². The number of hydrogen-bond donors (Lipinski definition) is 0. The lowest BCUT2D eigenvalue weighted by molar-refractivity contribution is 0.624. The fourth-order valence-corrected chi connectivity index (χ4v) is 1.98. The predicted molar refractivity (Wildman–Crippen MR) is 77.4 cm³/mol. The number of halogens is 2. The topological polar surface area (TPSA) is 0 Å². The molecule has 2 aromatic carbocycles. The van der Waals surface area contributed by atoms with Crippen molar-refractivity contribution in [1.82, 2.24) is 0 Å². The summed E-state index contributed by atoms with van der Waals surface area (Å²) in [6, 6.07) is 7.54. The Morgan fingerprint density at radius 1 is 0.684 bits per heavy atom. The highest BCUT2D eigenvalue weighted by Crippen LogP contribution is 2.29. The van der Waals surface area contributed by atoms with Crippen molar-refractivity contribution in [2.75, 3.05) is 0 Å². The van der Waals surface area contributed by atoms with Gasteiger partial charge in [0.15, 0.2) is 0 Å². The molecule has 0 saturated carbocycles. The van der Waals surface area contributed by atoms with Crippen LogP contribution < -0.4 is 0 Å². The summed E-state index contributed by atoms with van der Waals surface area (Å²) in [6.45, 7) is 9.68. The van der Waals surface area contributed by atoms with Crippen LogP contribution in [0.15, 0.2) is 30.3 Å². The molecule has 102 valence electrons. The highest BCUT2D eigenvalue weighted by Gasteiger charge is 2.10. The first-order valence-corrected chi connectivity index (χ1v) is 6.52. The molecule has 0 saturated heterocycles. The zero-order valence-corrected chi connectivity index (χ0v) is 12.1. The van der Waals surface area contributed by atoms with Crippen LogP contribution in [0.25, 0.3) is 11.1 Å². The molecule has 2 heteroatoms. The smallest absolute Gasteiger partial charge is 0.124 e. The molecule has 0 bridgehead atoms. The van der Waals surface area contributed by atoms with E-state index in [0.29, 0.717) is 0 Å². The van der Waals surface area contributed by atoms with Crippen LogP contribution >= 0.6 is 0 Å². The van der Waals surface area contributed by atoms with Crippen LogP contribution in [-0.4, -0.2) is 0 Å². The van der Waals surface area contributed by atoms with Crippen LogP contribution in [0.5, 0.6) is 0 Å². The first kappa shape index (κ1) is 15.4. The van der Waals surface area contributed by atoms with Gasteiger partial charge in [-0.2, -0.15) is 0 Å². The molecule has 0 aliphatic heterocycles. The largest absolute Gasteiger partial charge is 0.207 e. The van der Waals surface area contributed by atoms with E-state index in [4.69, 9.17) is 0 Å². The average Bonchev–Trinajstić information content (AvgIpc) is 2.39. The van der Waals surface area contributed by atoms with Gasteiger partial charge in [0, 0.05) is 0 Å². The summed E-state index contributed by atoms with van der Waals surface area (Å²) >= 11 is 0. The van der Waals surface area contributed by atoms with Crippen molar-refractivity contribution in [2.24, 2.45) is 0 Å². The van der Waals surface area contributed by atoms with E-state index >= 15 is 0 Å². The van der Waals surface area contributed by atoms with Gasteiger partial charge in [0.2, 0.25) is 0 Å². The minimum atomic E-state index is -0.299. The van der Waals surface area contributed by atoms with E-state index in [1.165, 1.54) is 24.3 Å². The second-order valence-electron chi connectivity index (χ2n) is 4.35. The Labute approximate surface area is 114 Å². The van der Waals surface area contributed by atoms with Gasteiger partial charge in [-0.25, -0.2) is 8.78 Å². The normalized spacial score (nSPS) is 9.84. The molecular weight excluding hydrogens is 242 g/mol. The van der Waals surface area contributed by atoms with E-state index in [9.17, 15) is 8.78 Å². The van der Waals surface area contributed by atoms with Crippen molar-refractivity contribution in [2.45, 2.75) is 34.6 Å². The van der Waals surface area contributed by atoms with Gasteiger partial charge in [0.05, 0.1) is 0 Å². The maximum Gasteiger partial charge on any atom is 0.124 e. The number of hydrogen-bond acceptors (Lipinski definition) is 0. The minimum Gasteiger partial charge on any atom is -0.207 e. The van der Waals surface area contributed by atoms with Crippen LogP contribution in [0.4, 0.5) is 8.78 Å². The Kier molecular flexibility index (Phi) is 5.22. The van der Waals surface area contributed by atoms with Crippen molar-refractivity contribution in [1.29, 1.82) is 0 Å². The molecule has 0 amide bonds. The van der Waals surface area contributed by atoms with E-state index in [-0.39, 0.29) is 11.6 Å². The quantitative estimate of drug-likeness (QED) is 0.629. The molecule has 2 aromatic rings. The number of rotatable bonds is 1. The molecule has 0 unspecified atom stereocenters. The molecule has 0 radical (unpaired) electrons. The molecule has 0 aromatic heterocycles.